The topological polar surface area (TPSA) is 55.6 Å². The second kappa shape index (κ2) is 3.67. The van der Waals surface area contributed by atoms with Gasteiger partial charge in [-0.15, -0.1) is 0 Å². The van der Waals surface area contributed by atoms with Crippen LogP contribution in [0.5, 0.6) is 0 Å². The van der Waals surface area contributed by atoms with Crippen LogP contribution in [0.3, 0.4) is 0 Å². The fourth-order valence-electron chi connectivity index (χ4n) is 1.92. The lowest BCUT2D eigenvalue weighted by Gasteiger charge is -2.53. The third-order valence-electron chi connectivity index (χ3n) is 2.71. The molecule has 0 aliphatic carbocycles. The predicted octanol–water partition coefficient (Wildman–Crippen LogP) is 1.59. The minimum Gasteiger partial charge on any atom is -0.444 e. The molecule has 2 N–H and O–H groups in total. The van der Waals surface area contributed by atoms with Crippen LogP contribution in [0.1, 0.15) is 34.6 Å². The van der Waals surface area contributed by atoms with Gasteiger partial charge in [0.05, 0.1) is 6.04 Å². The van der Waals surface area contributed by atoms with Crippen molar-refractivity contribution in [2.75, 3.05) is 13.1 Å². The molecule has 1 heterocycles. The zero-order valence-corrected chi connectivity index (χ0v) is 10.3. The summed E-state index contributed by atoms with van der Waals surface area (Å²) in [6, 6.07) is 0.104. The molecule has 0 unspecified atom stereocenters. The molecule has 0 saturated carbocycles. The minimum absolute atomic E-state index is 0.104. The average molecular weight is 214 g/mol. The second-order valence-electron chi connectivity index (χ2n) is 5.85. The highest BCUT2D eigenvalue weighted by atomic mass is 16.6. The molecular weight excluding hydrogens is 192 g/mol. The van der Waals surface area contributed by atoms with Crippen molar-refractivity contribution < 1.29 is 9.53 Å². The summed E-state index contributed by atoms with van der Waals surface area (Å²) >= 11 is 0. The van der Waals surface area contributed by atoms with Crippen LogP contribution < -0.4 is 5.73 Å². The zero-order valence-electron chi connectivity index (χ0n) is 10.3. The van der Waals surface area contributed by atoms with Crippen molar-refractivity contribution in [2.45, 2.75) is 46.3 Å². The molecule has 1 rings (SSSR count). The highest BCUT2D eigenvalue weighted by molar-refractivity contribution is 5.70. The molecule has 15 heavy (non-hydrogen) atoms. The Bertz CT molecular complexity index is 256. The van der Waals surface area contributed by atoms with Gasteiger partial charge in [-0.3, -0.25) is 0 Å². The minimum atomic E-state index is -0.435. The first-order valence-corrected chi connectivity index (χ1v) is 5.37. The van der Waals surface area contributed by atoms with E-state index in [0.29, 0.717) is 6.54 Å². The predicted molar refractivity (Wildman–Crippen MR) is 59.6 cm³/mol. The molecule has 1 amide bonds. The quantitative estimate of drug-likeness (QED) is 0.721. The molecule has 1 aliphatic rings. The summed E-state index contributed by atoms with van der Waals surface area (Å²) in [6.45, 7) is 11.1. The third-order valence-corrected chi connectivity index (χ3v) is 2.71. The Morgan fingerprint density at radius 1 is 1.53 bits per heavy atom. The summed E-state index contributed by atoms with van der Waals surface area (Å²) in [6.07, 6.45) is -0.253. The maximum Gasteiger partial charge on any atom is 0.410 e. The van der Waals surface area contributed by atoms with E-state index in [2.05, 4.69) is 13.8 Å². The average Bonchev–Trinajstić information content (AvgIpc) is 1.97. The number of rotatable bonds is 1. The molecule has 0 bridgehead atoms. The first-order chi connectivity index (χ1) is 6.67. The van der Waals surface area contributed by atoms with Crippen molar-refractivity contribution in [1.29, 1.82) is 0 Å². The number of likely N-dealkylation sites (tertiary alicyclic amines) is 1. The summed E-state index contributed by atoms with van der Waals surface area (Å²) in [7, 11) is 0. The van der Waals surface area contributed by atoms with E-state index in [-0.39, 0.29) is 17.6 Å². The van der Waals surface area contributed by atoms with Crippen LogP contribution in [-0.4, -0.2) is 35.7 Å². The number of hydrogen-bond acceptors (Lipinski definition) is 3. The van der Waals surface area contributed by atoms with Gasteiger partial charge in [-0.2, -0.15) is 0 Å². The van der Waals surface area contributed by atoms with Gasteiger partial charge in [-0.05, 0) is 20.8 Å². The number of nitrogens with zero attached hydrogens (tertiary/aromatic N) is 1. The number of ether oxygens (including phenoxy) is 1. The van der Waals surface area contributed by atoms with E-state index in [0.717, 1.165) is 6.54 Å². The van der Waals surface area contributed by atoms with Gasteiger partial charge in [0.1, 0.15) is 5.60 Å². The van der Waals surface area contributed by atoms with E-state index in [9.17, 15) is 4.79 Å². The second-order valence-corrected chi connectivity index (χ2v) is 5.85. The summed E-state index contributed by atoms with van der Waals surface area (Å²) in [5.74, 6) is 0. The van der Waals surface area contributed by atoms with Gasteiger partial charge in [0.2, 0.25) is 0 Å². The molecule has 1 fully saturated rings. The molecule has 0 radical (unpaired) electrons. The van der Waals surface area contributed by atoms with Crippen LogP contribution in [-0.2, 0) is 4.74 Å². The van der Waals surface area contributed by atoms with Crippen molar-refractivity contribution in [3.63, 3.8) is 0 Å². The highest BCUT2D eigenvalue weighted by Crippen LogP contribution is 2.37. The van der Waals surface area contributed by atoms with Crippen LogP contribution in [0, 0.1) is 5.41 Å². The van der Waals surface area contributed by atoms with Gasteiger partial charge >= 0.3 is 6.09 Å². The highest BCUT2D eigenvalue weighted by Gasteiger charge is 2.48. The van der Waals surface area contributed by atoms with Crippen LogP contribution >= 0.6 is 0 Å². The SMILES string of the molecule is CC(C)(C)OC(=O)N1CC(C)(C)[C@@H]1CN. The molecule has 0 aromatic rings. The number of amides is 1. The zero-order chi connectivity index (χ0) is 11.9. The molecule has 1 saturated heterocycles. The molecule has 0 aromatic heterocycles. The van der Waals surface area contributed by atoms with Gasteiger partial charge < -0.3 is 15.4 Å². The number of hydrogen-bond donors (Lipinski definition) is 1. The van der Waals surface area contributed by atoms with Gasteiger partial charge in [0, 0.05) is 18.5 Å². The van der Waals surface area contributed by atoms with Crippen molar-refractivity contribution >= 4 is 6.09 Å². The fraction of sp³-hybridized carbons (Fsp3) is 0.909. The van der Waals surface area contributed by atoms with E-state index in [4.69, 9.17) is 10.5 Å². The van der Waals surface area contributed by atoms with E-state index in [1.165, 1.54) is 0 Å². The Kier molecular flexibility index (Phi) is 3.01. The standard InChI is InChI=1S/C11H22N2O2/c1-10(2,3)15-9(14)13-7-11(4,5)8(13)6-12/h8H,6-7,12H2,1-5H3/t8-/m0/s1. The first kappa shape index (κ1) is 12.3. The molecular formula is C11H22N2O2. The molecule has 1 atom stereocenters. The van der Waals surface area contributed by atoms with Crippen LogP contribution in [0.25, 0.3) is 0 Å². The monoisotopic (exact) mass is 214 g/mol. The van der Waals surface area contributed by atoms with E-state index < -0.39 is 5.60 Å². The van der Waals surface area contributed by atoms with Crippen molar-refractivity contribution in [3.8, 4) is 0 Å². The first-order valence-electron chi connectivity index (χ1n) is 5.37. The number of nitrogens with two attached hydrogens (primary N) is 1. The summed E-state index contributed by atoms with van der Waals surface area (Å²) < 4.78 is 5.30. The Hall–Kier alpha value is -0.770. The van der Waals surface area contributed by atoms with Crippen LogP contribution in [0.15, 0.2) is 0 Å². The van der Waals surface area contributed by atoms with Crippen molar-refractivity contribution in [3.05, 3.63) is 0 Å². The number of carbonyl (C=O) groups is 1. The largest absolute Gasteiger partial charge is 0.444 e. The Morgan fingerprint density at radius 3 is 2.40 bits per heavy atom. The molecule has 4 heteroatoms. The molecule has 88 valence electrons. The van der Waals surface area contributed by atoms with Crippen molar-refractivity contribution in [1.82, 2.24) is 4.90 Å². The van der Waals surface area contributed by atoms with Crippen LogP contribution in [0.2, 0.25) is 0 Å². The molecule has 4 nitrogen and oxygen atoms in total. The van der Waals surface area contributed by atoms with Gasteiger partial charge in [0.15, 0.2) is 0 Å². The molecule has 1 aliphatic heterocycles. The van der Waals surface area contributed by atoms with Gasteiger partial charge in [-0.1, -0.05) is 13.8 Å². The van der Waals surface area contributed by atoms with E-state index in [1.807, 2.05) is 20.8 Å². The smallest absolute Gasteiger partial charge is 0.410 e. The van der Waals surface area contributed by atoms with Crippen LogP contribution in [0.4, 0.5) is 4.79 Å². The van der Waals surface area contributed by atoms with Crippen molar-refractivity contribution in [2.24, 2.45) is 11.1 Å². The number of carbonyl (C=O) groups excluding carboxylic acids is 1. The van der Waals surface area contributed by atoms with Gasteiger partial charge in [-0.25, -0.2) is 4.79 Å². The summed E-state index contributed by atoms with van der Waals surface area (Å²) in [5.41, 5.74) is 5.33. The van der Waals surface area contributed by atoms with Gasteiger partial charge in [0.25, 0.3) is 0 Å². The van der Waals surface area contributed by atoms with E-state index >= 15 is 0 Å². The molecule has 0 aromatic carbocycles. The maximum atomic E-state index is 11.7. The summed E-state index contributed by atoms with van der Waals surface area (Å²) in [5, 5.41) is 0. The summed E-state index contributed by atoms with van der Waals surface area (Å²) in [4.78, 5) is 13.5. The fourth-order valence-corrected chi connectivity index (χ4v) is 1.92. The van der Waals surface area contributed by atoms with E-state index in [1.54, 1.807) is 4.90 Å². The lowest BCUT2D eigenvalue weighted by molar-refractivity contribution is -0.0604. The third kappa shape index (κ3) is 2.62. The Labute approximate surface area is 91.8 Å². The Morgan fingerprint density at radius 2 is 2.07 bits per heavy atom. The maximum absolute atomic E-state index is 11.7. The lowest BCUT2D eigenvalue weighted by Crippen LogP contribution is -2.67. The normalized spacial score (nSPS) is 24.7. The Balaban J connectivity index is 2.57. The lowest BCUT2D eigenvalue weighted by atomic mass is 9.75. The molecule has 0 spiro atoms.